The summed E-state index contributed by atoms with van der Waals surface area (Å²) < 4.78 is 32.2. The van der Waals surface area contributed by atoms with Crippen molar-refractivity contribution in [3.63, 3.8) is 0 Å². The number of hydrogen-bond donors (Lipinski definition) is 1. The number of benzene rings is 2. The Labute approximate surface area is 180 Å². The monoisotopic (exact) mass is 447 g/mol. The minimum atomic E-state index is -3.74. The first-order chi connectivity index (χ1) is 14.3. The summed E-state index contributed by atoms with van der Waals surface area (Å²) >= 11 is 6.06. The summed E-state index contributed by atoms with van der Waals surface area (Å²) in [6.45, 7) is 2.28. The minimum absolute atomic E-state index is 0.336. The highest BCUT2D eigenvalue weighted by atomic mass is 35.5. The maximum Gasteiger partial charge on any atom is 0.239 e. The van der Waals surface area contributed by atoms with Crippen LogP contribution in [0.5, 0.6) is 5.75 Å². The number of amides is 1. The van der Waals surface area contributed by atoms with Crippen molar-refractivity contribution < 1.29 is 17.9 Å². The Morgan fingerprint density at radius 2 is 1.97 bits per heavy atom. The van der Waals surface area contributed by atoms with Crippen LogP contribution in [0, 0.1) is 6.92 Å². The number of ether oxygens (including phenoxy) is 1. The second-order valence-electron chi connectivity index (χ2n) is 6.84. The van der Waals surface area contributed by atoms with Crippen molar-refractivity contribution in [2.75, 3.05) is 18.2 Å². The molecule has 0 unspecified atom stereocenters. The van der Waals surface area contributed by atoms with Gasteiger partial charge in [-0.3, -0.25) is 4.79 Å². The third kappa shape index (κ3) is 5.61. The number of aryl methyl sites for hydroxylation is 1. The fourth-order valence-electron chi connectivity index (χ4n) is 2.97. The van der Waals surface area contributed by atoms with Gasteiger partial charge in [-0.25, -0.2) is 13.4 Å². The lowest BCUT2D eigenvalue weighted by atomic mass is 10.2. The zero-order valence-electron chi connectivity index (χ0n) is 16.6. The number of hydrogen-bond acceptors (Lipinski definition) is 5. The average Bonchev–Trinajstić information content (AvgIpc) is 3.10. The van der Waals surface area contributed by atoms with E-state index >= 15 is 0 Å². The maximum absolute atomic E-state index is 12.6. The van der Waals surface area contributed by atoms with Crippen LogP contribution in [-0.2, 0) is 26.9 Å². The summed E-state index contributed by atoms with van der Waals surface area (Å²) in [5, 5.41) is 3.08. The molecule has 30 heavy (non-hydrogen) atoms. The van der Waals surface area contributed by atoms with Gasteiger partial charge in [-0.1, -0.05) is 41.9 Å². The molecule has 0 spiro atoms. The Morgan fingerprint density at radius 3 is 2.67 bits per heavy atom. The zero-order chi connectivity index (χ0) is 21.7. The first kappa shape index (κ1) is 21.9. The molecular weight excluding hydrogens is 426 g/mol. The molecular formula is C21H22ClN3O4S. The summed E-state index contributed by atoms with van der Waals surface area (Å²) in [5.41, 5.74) is 2.13. The van der Waals surface area contributed by atoms with Gasteiger partial charge in [0.25, 0.3) is 0 Å². The molecule has 3 aromatic rings. The van der Waals surface area contributed by atoms with Crippen molar-refractivity contribution in [3.8, 4) is 5.75 Å². The molecule has 158 valence electrons. The van der Waals surface area contributed by atoms with E-state index in [1.807, 2.05) is 30.3 Å². The molecule has 0 aliphatic rings. The fraction of sp³-hybridized carbons (Fsp3) is 0.238. The van der Waals surface area contributed by atoms with E-state index in [2.05, 4.69) is 10.3 Å². The highest BCUT2D eigenvalue weighted by Crippen LogP contribution is 2.31. The van der Waals surface area contributed by atoms with E-state index in [1.54, 1.807) is 36.0 Å². The van der Waals surface area contributed by atoms with Crippen LogP contribution in [0.2, 0.25) is 5.02 Å². The van der Waals surface area contributed by atoms with Gasteiger partial charge in [0.15, 0.2) is 9.84 Å². The number of aromatic nitrogens is 2. The summed E-state index contributed by atoms with van der Waals surface area (Å²) in [7, 11) is -2.29. The number of rotatable bonds is 8. The fourth-order valence-corrected chi connectivity index (χ4v) is 4.33. The SMILES string of the molecule is COc1cc(Cl)c(C)cc1NC(=O)CS(=O)(=O)Cc1nccn1Cc1ccccc1. The number of sulfone groups is 1. The Bertz CT molecular complexity index is 1140. The van der Waals surface area contributed by atoms with Crippen LogP contribution in [0.25, 0.3) is 0 Å². The van der Waals surface area contributed by atoms with Crippen LogP contribution in [0.1, 0.15) is 17.0 Å². The number of carbonyl (C=O) groups is 1. The van der Waals surface area contributed by atoms with Gasteiger partial charge in [0.05, 0.1) is 12.8 Å². The van der Waals surface area contributed by atoms with Crippen molar-refractivity contribution in [2.24, 2.45) is 0 Å². The van der Waals surface area contributed by atoms with Crippen molar-refractivity contribution in [1.82, 2.24) is 9.55 Å². The predicted molar refractivity (Wildman–Crippen MR) is 117 cm³/mol. The molecule has 2 aromatic carbocycles. The molecule has 0 radical (unpaired) electrons. The number of methoxy groups -OCH3 is 1. The molecule has 0 fully saturated rings. The molecule has 0 saturated heterocycles. The Morgan fingerprint density at radius 1 is 1.23 bits per heavy atom. The normalized spacial score (nSPS) is 11.3. The summed E-state index contributed by atoms with van der Waals surface area (Å²) in [5.74, 6) is -0.926. The molecule has 1 heterocycles. The highest BCUT2D eigenvalue weighted by Gasteiger charge is 2.21. The van der Waals surface area contributed by atoms with Crippen LogP contribution in [-0.4, -0.2) is 36.7 Å². The van der Waals surface area contributed by atoms with Crippen LogP contribution >= 0.6 is 11.6 Å². The van der Waals surface area contributed by atoms with Crippen molar-refractivity contribution in [3.05, 3.63) is 76.8 Å². The Balaban J connectivity index is 1.69. The maximum atomic E-state index is 12.6. The Hall–Kier alpha value is -2.84. The van der Waals surface area contributed by atoms with Gasteiger partial charge in [0, 0.05) is 30.0 Å². The standard InChI is InChI=1S/C21H22ClN3O4S/c1-15-10-18(19(29-2)11-17(15)22)24-21(26)14-30(27,28)13-20-23-8-9-25(20)12-16-6-4-3-5-7-16/h3-11H,12-14H2,1-2H3,(H,24,26). The molecule has 0 saturated carbocycles. The molecule has 1 aromatic heterocycles. The third-order valence-electron chi connectivity index (χ3n) is 4.45. The molecule has 1 amide bonds. The summed E-state index contributed by atoms with van der Waals surface area (Å²) in [6, 6.07) is 12.9. The quantitative estimate of drug-likeness (QED) is 0.571. The number of anilines is 1. The molecule has 1 N–H and O–H groups in total. The van der Waals surface area contributed by atoms with Gasteiger partial charge >= 0.3 is 0 Å². The molecule has 0 aliphatic heterocycles. The van der Waals surface area contributed by atoms with Crippen molar-refractivity contribution >= 4 is 33.0 Å². The van der Waals surface area contributed by atoms with Crippen LogP contribution in [0.3, 0.4) is 0 Å². The molecule has 9 heteroatoms. The molecule has 0 bridgehead atoms. The van der Waals surface area contributed by atoms with E-state index in [1.165, 1.54) is 7.11 Å². The third-order valence-corrected chi connectivity index (χ3v) is 6.26. The molecule has 0 aliphatic carbocycles. The van der Waals surface area contributed by atoms with Gasteiger partial charge < -0.3 is 14.6 Å². The predicted octanol–water partition coefficient (Wildman–Crippen LogP) is 3.46. The van der Waals surface area contributed by atoms with E-state index in [4.69, 9.17) is 16.3 Å². The summed E-state index contributed by atoms with van der Waals surface area (Å²) in [4.78, 5) is 16.5. The number of imidazole rings is 1. The van der Waals surface area contributed by atoms with Gasteiger partial charge in [-0.15, -0.1) is 0 Å². The van der Waals surface area contributed by atoms with Gasteiger partial charge in [0.1, 0.15) is 23.1 Å². The molecule has 0 atom stereocenters. The smallest absolute Gasteiger partial charge is 0.239 e. The lowest BCUT2D eigenvalue weighted by Crippen LogP contribution is -2.25. The molecule has 3 rings (SSSR count). The highest BCUT2D eigenvalue weighted by molar-refractivity contribution is 7.91. The van der Waals surface area contributed by atoms with Crippen LogP contribution in [0.4, 0.5) is 5.69 Å². The number of carbonyl (C=O) groups excluding carboxylic acids is 1. The van der Waals surface area contributed by atoms with E-state index < -0.39 is 21.5 Å². The lowest BCUT2D eigenvalue weighted by Gasteiger charge is -2.13. The number of nitrogens with zero attached hydrogens (tertiary/aromatic N) is 2. The van der Waals surface area contributed by atoms with Crippen LogP contribution in [0.15, 0.2) is 54.9 Å². The van der Waals surface area contributed by atoms with Crippen molar-refractivity contribution in [1.29, 1.82) is 0 Å². The largest absolute Gasteiger partial charge is 0.495 e. The lowest BCUT2D eigenvalue weighted by molar-refractivity contribution is -0.113. The van der Waals surface area contributed by atoms with Gasteiger partial charge in [-0.05, 0) is 24.1 Å². The first-order valence-corrected chi connectivity index (χ1v) is 11.4. The van der Waals surface area contributed by atoms with Gasteiger partial charge in [-0.2, -0.15) is 0 Å². The minimum Gasteiger partial charge on any atom is -0.495 e. The Kier molecular flexibility index (Phi) is 6.79. The van der Waals surface area contributed by atoms with E-state index in [-0.39, 0.29) is 5.75 Å². The van der Waals surface area contributed by atoms with E-state index in [9.17, 15) is 13.2 Å². The topological polar surface area (TPSA) is 90.3 Å². The number of halogens is 1. The zero-order valence-corrected chi connectivity index (χ0v) is 18.2. The average molecular weight is 448 g/mol. The summed E-state index contributed by atoms with van der Waals surface area (Å²) in [6.07, 6.45) is 3.27. The number of nitrogens with one attached hydrogen (secondary N) is 1. The van der Waals surface area contributed by atoms with Crippen molar-refractivity contribution in [2.45, 2.75) is 19.2 Å². The second-order valence-corrected chi connectivity index (χ2v) is 9.31. The first-order valence-electron chi connectivity index (χ1n) is 9.16. The van der Waals surface area contributed by atoms with Crippen LogP contribution < -0.4 is 10.1 Å². The van der Waals surface area contributed by atoms with Gasteiger partial charge in [0.2, 0.25) is 5.91 Å². The van der Waals surface area contributed by atoms with E-state index in [0.29, 0.717) is 28.8 Å². The molecule has 7 nitrogen and oxygen atoms in total. The van der Waals surface area contributed by atoms with E-state index in [0.717, 1.165) is 11.1 Å². The second kappa shape index (κ2) is 9.32.